The van der Waals surface area contributed by atoms with Crippen molar-refractivity contribution in [3.63, 3.8) is 0 Å². The Morgan fingerprint density at radius 3 is 2.78 bits per heavy atom. The van der Waals surface area contributed by atoms with E-state index in [-0.39, 0.29) is 30.7 Å². The zero-order valence-corrected chi connectivity index (χ0v) is 15.5. The van der Waals surface area contributed by atoms with E-state index < -0.39 is 12.2 Å². The van der Waals surface area contributed by atoms with Crippen LogP contribution in [0.15, 0.2) is 23.4 Å². The van der Waals surface area contributed by atoms with Gasteiger partial charge >= 0.3 is 6.09 Å². The van der Waals surface area contributed by atoms with Crippen LogP contribution in [0.25, 0.3) is 0 Å². The summed E-state index contributed by atoms with van der Waals surface area (Å²) in [7, 11) is 1.53. The molecule has 7 nitrogen and oxygen atoms in total. The first kappa shape index (κ1) is 19.1. The van der Waals surface area contributed by atoms with Gasteiger partial charge in [-0.05, 0) is 49.3 Å². The van der Waals surface area contributed by atoms with Crippen LogP contribution in [-0.2, 0) is 14.4 Å². The van der Waals surface area contributed by atoms with Crippen LogP contribution < -0.4 is 10.2 Å². The number of carbonyl (C=O) groups is 2. The number of halogens is 1. The van der Waals surface area contributed by atoms with Crippen LogP contribution in [0.4, 0.5) is 14.9 Å². The number of benzene rings is 1. The van der Waals surface area contributed by atoms with Crippen molar-refractivity contribution >= 4 is 23.4 Å². The second kappa shape index (κ2) is 8.37. The van der Waals surface area contributed by atoms with Crippen molar-refractivity contribution in [1.82, 2.24) is 5.32 Å². The van der Waals surface area contributed by atoms with Crippen LogP contribution in [0.1, 0.15) is 44.1 Å². The summed E-state index contributed by atoms with van der Waals surface area (Å²) in [6.07, 6.45) is 2.26. The number of nitrogens with one attached hydrogen (secondary N) is 1. The van der Waals surface area contributed by atoms with Crippen LogP contribution in [0.2, 0.25) is 0 Å². The summed E-state index contributed by atoms with van der Waals surface area (Å²) in [5, 5.41) is 6.60. The summed E-state index contributed by atoms with van der Waals surface area (Å²) in [5.74, 6) is -0.373. The van der Waals surface area contributed by atoms with E-state index in [4.69, 9.17) is 9.57 Å². The van der Waals surface area contributed by atoms with Crippen molar-refractivity contribution in [3.8, 4) is 0 Å². The van der Waals surface area contributed by atoms with Gasteiger partial charge in [-0.25, -0.2) is 9.18 Å². The Morgan fingerprint density at radius 1 is 1.41 bits per heavy atom. The highest BCUT2D eigenvalue weighted by atomic mass is 19.1. The first-order valence-electron chi connectivity index (χ1n) is 9.09. The van der Waals surface area contributed by atoms with Gasteiger partial charge in [0.2, 0.25) is 5.91 Å². The average Bonchev–Trinajstić information content (AvgIpc) is 3.02. The van der Waals surface area contributed by atoms with E-state index in [0.29, 0.717) is 11.3 Å². The highest BCUT2D eigenvalue weighted by molar-refractivity contribution is 5.90. The van der Waals surface area contributed by atoms with Crippen LogP contribution in [0.3, 0.4) is 0 Å². The summed E-state index contributed by atoms with van der Waals surface area (Å²) in [5.41, 5.74) is 2.14. The third-order valence-electron chi connectivity index (χ3n) is 4.97. The van der Waals surface area contributed by atoms with Crippen molar-refractivity contribution in [2.24, 2.45) is 5.16 Å². The number of hydrogen-bond donors (Lipinski definition) is 1. The molecule has 1 atom stereocenters. The molecular weight excluding hydrogens is 353 g/mol. The minimum Gasteiger partial charge on any atom is -0.442 e. The fourth-order valence-corrected chi connectivity index (χ4v) is 3.59. The first-order valence-corrected chi connectivity index (χ1v) is 9.09. The number of nitrogens with zero attached hydrogens (tertiary/aromatic N) is 2. The molecule has 1 aliphatic heterocycles. The summed E-state index contributed by atoms with van der Waals surface area (Å²) in [4.78, 5) is 29.3. The summed E-state index contributed by atoms with van der Waals surface area (Å²) >= 11 is 0. The first-order chi connectivity index (χ1) is 13.0. The largest absolute Gasteiger partial charge is 0.442 e. The van der Waals surface area contributed by atoms with Gasteiger partial charge in [0.05, 0.1) is 24.5 Å². The molecule has 0 radical (unpaired) electrons. The number of ether oxygens (including phenoxy) is 1. The van der Waals surface area contributed by atoms with E-state index >= 15 is 0 Å². The van der Waals surface area contributed by atoms with Crippen LogP contribution in [0, 0.1) is 5.82 Å². The van der Waals surface area contributed by atoms with Gasteiger partial charge in [0.25, 0.3) is 0 Å². The standard InChI is InChI=1S/C19H24FN3O4/c1-12(24)21-10-16-11-23(19(25)27-16)15-7-8-17(18(20)9-15)13-3-5-14(6-4-13)22-26-2/h7-9,13,16H,3-6,10-11H2,1-2H3,(H,21,24). The average molecular weight is 377 g/mol. The van der Waals surface area contributed by atoms with E-state index in [9.17, 15) is 14.0 Å². The monoisotopic (exact) mass is 377 g/mol. The van der Waals surface area contributed by atoms with Crippen molar-refractivity contribution in [2.45, 2.75) is 44.6 Å². The van der Waals surface area contributed by atoms with Crippen molar-refractivity contribution < 1.29 is 23.6 Å². The topological polar surface area (TPSA) is 80.2 Å². The molecule has 1 aliphatic carbocycles. The molecule has 0 bridgehead atoms. The molecule has 1 aromatic carbocycles. The molecule has 1 N–H and O–H groups in total. The van der Waals surface area contributed by atoms with Crippen molar-refractivity contribution in [2.75, 3.05) is 25.1 Å². The number of oxime groups is 1. The zero-order valence-electron chi connectivity index (χ0n) is 15.5. The summed E-state index contributed by atoms with van der Waals surface area (Å²) in [6, 6.07) is 4.89. The lowest BCUT2D eigenvalue weighted by Gasteiger charge is -2.24. The molecule has 1 heterocycles. The molecule has 0 aromatic heterocycles. The lowest BCUT2D eigenvalue weighted by Crippen LogP contribution is -2.33. The van der Waals surface area contributed by atoms with Gasteiger partial charge in [-0.2, -0.15) is 0 Å². The fraction of sp³-hybridized carbons (Fsp3) is 0.526. The quantitative estimate of drug-likeness (QED) is 0.800. The molecule has 27 heavy (non-hydrogen) atoms. The van der Waals surface area contributed by atoms with Gasteiger partial charge in [0.15, 0.2) is 0 Å². The highest BCUT2D eigenvalue weighted by Gasteiger charge is 2.33. The van der Waals surface area contributed by atoms with Crippen LogP contribution >= 0.6 is 0 Å². The molecule has 1 saturated heterocycles. The van der Waals surface area contributed by atoms with Gasteiger partial charge in [-0.1, -0.05) is 11.2 Å². The molecule has 1 unspecified atom stereocenters. The third kappa shape index (κ3) is 4.56. The Bertz CT molecular complexity index is 742. The number of anilines is 1. The lowest BCUT2D eigenvalue weighted by atomic mass is 9.83. The molecule has 2 aliphatic rings. The maximum absolute atomic E-state index is 14.7. The van der Waals surface area contributed by atoms with E-state index in [1.807, 2.05) is 0 Å². The lowest BCUT2D eigenvalue weighted by molar-refractivity contribution is -0.119. The maximum atomic E-state index is 14.7. The fourth-order valence-electron chi connectivity index (χ4n) is 3.59. The Morgan fingerprint density at radius 2 is 2.15 bits per heavy atom. The molecule has 2 amide bonds. The molecule has 146 valence electrons. The molecular formula is C19H24FN3O4. The minimum absolute atomic E-state index is 0.132. The summed E-state index contributed by atoms with van der Waals surface area (Å²) in [6.45, 7) is 1.92. The molecule has 8 heteroatoms. The molecule has 0 spiro atoms. The second-order valence-electron chi connectivity index (χ2n) is 6.87. The Labute approximate surface area is 157 Å². The highest BCUT2D eigenvalue weighted by Crippen LogP contribution is 2.35. The van der Waals surface area contributed by atoms with Gasteiger partial charge in [0, 0.05) is 6.92 Å². The number of cyclic esters (lactones) is 1. The smallest absolute Gasteiger partial charge is 0.414 e. The molecule has 3 rings (SSSR count). The van der Waals surface area contributed by atoms with Gasteiger partial charge in [-0.15, -0.1) is 0 Å². The van der Waals surface area contributed by atoms with E-state index in [2.05, 4.69) is 10.5 Å². The molecule has 1 saturated carbocycles. The van der Waals surface area contributed by atoms with Crippen molar-refractivity contribution in [1.29, 1.82) is 0 Å². The third-order valence-corrected chi connectivity index (χ3v) is 4.97. The normalized spacial score (nSPS) is 22.4. The van der Waals surface area contributed by atoms with Crippen molar-refractivity contribution in [3.05, 3.63) is 29.6 Å². The van der Waals surface area contributed by atoms with Crippen LogP contribution in [-0.4, -0.2) is 44.0 Å². The second-order valence-corrected chi connectivity index (χ2v) is 6.87. The predicted molar refractivity (Wildman–Crippen MR) is 98.4 cm³/mol. The summed E-state index contributed by atoms with van der Waals surface area (Å²) < 4.78 is 19.9. The van der Waals surface area contributed by atoms with E-state index in [1.54, 1.807) is 12.1 Å². The number of rotatable bonds is 5. The Kier molecular flexibility index (Phi) is 5.93. The molecule has 2 fully saturated rings. The number of hydrogen-bond acceptors (Lipinski definition) is 5. The zero-order chi connectivity index (χ0) is 19.4. The van der Waals surface area contributed by atoms with E-state index in [0.717, 1.165) is 31.4 Å². The van der Waals surface area contributed by atoms with Gasteiger partial charge in [-0.3, -0.25) is 9.69 Å². The predicted octanol–water partition coefficient (Wildman–Crippen LogP) is 2.95. The Balaban J connectivity index is 1.66. The number of amides is 2. The van der Waals surface area contributed by atoms with E-state index in [1.165, 1.54) is 25.0 Å². The number of carbonyl (C=O) groups excluding carboxylic acids is 2. The SMILES string of the molecule is CON=C1CCC(c2ccc(N3CC(CNC(C)=O)OC3=O)cc2F)CC1. The maximum Gasteiger partial charge on any atom is 0.414 e. The minimum atomic E-state index is -0.532. The molecule has 1 aromatic rings. The Hall–Kier alpha value is -2.64. The van der Waals surface area contributed by atoms with Crippen LogP contribution in [0.5, 0.6) is 0 Å². The van der Waals surface area contributed by atoms with Gasteiger partial charge in [0.1, 0.15) is 19.0 Å². The van der Waals surface area contributed by atoms with Gasteiger partial charge < -0.3 is 14.9 Å².